The van der Waals surface area contributed by atoms with E-state index < -0.39 is 0 Å². The van der Waals surface area contributed by atoms with Crippen LogP contribution in [-0.4, -0.2) is 15.0 Å². The highest BCUT2D eigenvalue weighted by atomic mass is 15.0. The summed E-state index contributed by atoms with van der Waals surface area (Å²) in [6, 6.07) is 58.5. The number of benzene rings is 7. The van der Waals surface area contributed by atoms with Crippen LogP contribution in [-0.2, 0) is 11.8 Å². The van der Waals surface area contributed by atoms with Crippen molar-refractivity contribution in [3.63, 3.8) is 0 Å². The smallest absolute Gasteiger partial charge is 0.164 e. The van der Waals surface area contributed by atoms with Crippen molar-refractivity contribution in [3.8, 4) is 78.7 Å². The predicted molar refractivity (Wildman–Crippen MR) is 220 cm³/mol. The molecule has 3 heteroatoms. The lowest BCUT2D eigenvalue weighted by Crippen LogP contribution is -2.14. The Balaban J connectivity index is 0.00000372. The van der Waals surface area contributed by atoms with E-state index in [0.717, 1.165) is 28.7 Å². The van der Waals surface area contributed by atoms with Gasteiger partial charge < -0.3 is 0 Å². The molecule has 0 N–H and O–H groups in total. The molecular weight excluding hydrogens is 643 g/mol. The Morgan fingerprint density at radius 2 is 0.906 bits per heavy atom. The molecule has 0 fully saturated rings. The predicted octanol–water partition coefficient (Wildman–Crippen LogP) is 12.7. The third-order valence-corrected chi connectivity index (χ3v) is 11.0. The van der Waals surface area contributed by atoms with Crippen LogP contribution in [0, 0.1) is 0 Å². The van der Waals surface area contributed by atoms with Gasteiger partial charge in [-0.1, -0.05) is 173 Å². The molecule has 3 nitrogen and oxygen atoms in total. The molecule has 0 spiro atoms. The molecule has 10 rings (SSSR count). The quantitative estimate of drug-likeness (QED) is 0.181. The van der Waals surface area contributed by atoms with Crippen LogP contribution in [0.4, 0.5) is 0 Å². The number of fused-ring (bicyclic) bond motifs is 6. The van der Waals surface area contributed by atoms with Crippen LogP contribution in [0.3, 0.4) is 0 Å². The third-order valence-electron chi connectivity index (χ3n) is 11.0. The summed E-state index contributed by atoms with van der Waals surface area (Å²) in [5.41, 5.74) is 18.7. The molecule has 0 saturated carbocycles. The van der Waals surface area contributed by atoms with E-state index >= 15 is 0 Å². The van der Waals surface area contributed by atoms with Crippen LogP contribution in [0.1, 0.15) is 43.5 Å². The summed E-state index contributed by atoms with van der Waals surface area (Å²) in [4.78, 5) is 14.9. The summed E-state index contributed by atoms with van der Waals surface area (Å²) in [6.45, 7) is 4.71. The Bertz CT molecular complexity index is 2620. The topological polar surface area (TPSA) is 38.7 Å². The zero-order valence-electron chi connectivity index (χ0n) is 29.1. The molecule has 0 bridgehead atoms. The van der Waals surface area contributed by atoms with Gasteiger partial charge in [0, 0.05) is 22.1 Å². The Kier molecular flexibility index (Phi) is 7.74. The maximum Gasteiger partial charge on any atom is 0.164 e. The Hall–Kier alpha value is -6.45. The Labute approximate surface area is 311 Å². The summed E-state index contributed by atoms with van der Waals surface area (Å²) in [7, 11) is 0. The zero-order valence-corrected chi connectivity index (χ0v) is 29.1. The van der Waals surface area contributed by atoms with Crippen LogP contribution in [0.2, 0.25) is 0 Å². The standard InChI is InChI=1S/C49H35N3.CH4/c1-49(2)43-25-10-9-21-39(43)40-27-26-34(30-44(40)49)37-22-13-24-41-42(37)29-35-19-12-23-38(45(35)41)33-18-11-20-36(28-33)48-51-46(31-14-5-3-6-15-31)50-47(52-48)32-16-7-4-8-17-32;/h3-28,30H,29H2,1-2H3;1H4. The average molecular weight is 682 g/mol. The fourth-order valence-electron chi connectivity index (χ4n) is 8.41. The summed E-state index contributed by atoms with van der Waals surface area (Å²) in [5, 5.41) is 0. The molecule has 0 unspecified atom stereocenters. The van der Waals surface area contributed by atoms with E-state index in [1.54, 1.807) is 0 Å². The molecule has 1 heterocycles. The van der Waals surface area contributed by atoms with Gasteiger partial charge in [0.25, 0.3) is 0 Å². The van der Waals surface area contributed by atoms with E-state index in [2.05, 4.69) is 117 Å². The first-order valence-corrected chi connectivity index (χ1v) is 18.0. The largest absolute Gasteiger partial charge is 0.208 e. The molecule has 8 aromatic rings. The molecule has 254 valence electrons. The van der Waals surface area contributed by atoms with Crippen LogP contribution < -0.4 is 0 Å². The summed E-state index contributed by atoms with van der Waals surface area (Å²) in [6.07, 6.45) is 0.906. The SMILES string of the molecule is C.CC1(C)c2ccccc2-c2ccc(-c3cccc4c3Cc3cccc(-c5cccc(-c6nc(-c7ccccc7)nc(-c7ccccc7)n6)c5)c3-4)cc21. The molecule has 0 aliphatic heterocycles. The highest BCUT2D eigenvalue weighted by Crippen LogP contribution is 2.51. The normalized spacial score (nSPS) is 13.0. The van der Waals surface area contributed by atoms with Crippen molar-refractivity contribution in [1.82, 2.24) is 15.0 Å². The zero-order chi connectivity index (χ0) is 34.8. The lowest BCUT2D eigenvalue weighted by Gasteiger charge is -2.22. The van der Waals surface area contributed by atoms with E-state index in [0.29, 0.717) is 17.5 Å². The molecule has 53 heavy (non-hydrogen) atoms. The number of hydrogen-bond donors (Lipinski definition) is 0. The molecule has 0 atom stereocenters. The van der Waals surface area contributed by atoms with E-state index in [9.17, 15) is 0 Å². The molecule has 2 aliphatic rings. The minimum Gasteiger partial charge on any atom is -0.208 e. The maximum absolute atomic E-state index is 5.01. The second-order valence-corrected chi connectivity index (χ2v) is 14.4. The van der Waals surface area contributed by atoms with Gasteiger partial charge in [-0.05, 0) is 85.3 Å². The van der Waals surface area contributed by atoms with Gasteiger partial charge >= 0.3 is 0 Å². The average Bonchev–Trinajstić information content (AvgIpc) is 3.70. The summed E-state index contributed by atoms with van der Waals surface area (Å²) >= 11 is 0. The van der Waals surface area contributed by atoms with Crippen molar-refractivity contribution >= 4 is 0 Å². The van der Waals surface area contributed by atoms with Crippen molar-refractivity contribution < 1.29 is 0 Å². The Morgan fingerprint density at radius 3 is 1.64 bits per heavy atom. The third kappa shape index (κ3) is 5.31. The maximum atomic E-state index is 5.01. The number of nitrogens with zero attached hydrogens (tertiary/aromatic N) is 3. The van der Waals surface area contributed by atoms with Crippen molar-refractivity contribution in [2.24, 2.45) is 0 Å². The molecule has 7 aromatic carbocycles. The summed E-state index contributed by atoms with van der Waals surface area (Å²) in [5.74, 6) is 1.98. The minimum absolute atomic E-state index is 0. The first-order chi connectivity index (χ1) is 25.5. The van der Waals surface area contributed by atoms with E-state index in [4.69, 9.17) is 15.0 Å². The highest BCUT2D eigenvalue weighted by molar-refractivity contribution is 5.95. The van der Waals surface area contributed by atoms with Crippen LogP contribution in [0.25, 0.3) is 78.7 Å². The number of hydrogen-bond acceptors (Lipinski definition) is 3. The lowest BCUT2D eigenvalue weighted by molar-refractivity contribution is 0.660. The fraction of sp³-hybridized carbons (Fsp3) is 0.100. The van der Waals surface area contributed by atoms with Crippen molar-refractivity contribution in [3.05, 3.63) is 186 Å². The van der Waals surface area contributed by atoms with E-state index in [1.165, 1.54) is 61.2 Å². The van der Waals surface area contributed by atoms with Gasteiger partial charge in [0.2, 0.25) is 0 Å². The van der Waals surface area contributed by atoms with Crippen molar-refractivity contribution in [2.45, 2.75) is 33.1 Å². The van der Waals surface area contributed by atoms with E-state index in [1.807, 2.05) is 60.7 Å². The minimum atomic E-state index is -0.0384. The second-order valence-electron chi connectivity index (χ2n) is 14.4. The molecule has 0 radical (unpaired) electrons. The van der Waals surface area contributed by atoms with Gasteiger partial charge in [0.15, 0.2) is 17.5 Å². The second kappa shape index (κ2) is 12.6. The van der Waals surface area contributed by atoms with Gasteiger partial charge in [-0.3, -0.25) is 0 Å². The summed E-state index contributed by atoms with van der Waals surface area (Å²) < 4.78 is 0. The highest BCUT2D eigenvalue weighted by Gasteiger charge is 2.35. The first-order valence-electron chi connectivity index (χ1n) is 18.0. The molecule has 1 aromatic heterocycles. The van der Waals surface area contributed by atoms with Gasteiger partial charge in [-0.15, -0.1) is 0 Å². The molecule has 0 amide bonds. The van der Waals surface area contributed by atoms with Gasteiger partial charge in [-0.25, -0.2) is 15.0 Å². The van der Waals surface area contributed by atoms with Crippen LogP contribution >= 0.6 is 0 Å². The van der Waals surface area contributed by atoms with Gasteiger partial charge in [0.05, 0.1) is 0 Å². The molecule has 0 saturated heterocycles. The number of rotatable bonds is 5. The van der Waals surface area contributed by atoms with Crippen LogP contribution in [0.5, 0.6) is 0 Å². The molecule has 2 aliphatic carbocycles. The lowest BCUT2D eigenvalue weighted by atomic mass is 9.81. The Morgan fingerprint density at radius 1 is 0.396 bits per heavy atom. The monoisotopic (exact) mass is 681 g/mol. The van der Waals surface area contributed by atoms with E-state index in [-0.39, 0.29) is 12.8 Å². The van der Waals surface area contributed by atoms with Crippen molar-refractivity contribution in [1.29, 1.82) is 0 Å². The van der Waals surface area contributed by atoms with Crippen molar-refractivity contribution in [2.75, 3.05) is 0 Å². The first kappa shape index (κ1) is 32.5. The van der Waals surface area contributed by atoms with Gasteiger partial charge in [-0.2, -0.15) is 0 Å². The van der Waals surface area contributed by atoms with Gasteiger partial charge in [0.1, 0.15) is 0 Å². The number of aromatic nitrogens is 3. The molecular formula is C50H39N3. The fourth-order valence-corrected chi connectivity index (χ4v) is 8.41. The van der Waals surface area contributed by atoms with Crippen LogP contribution in [0.15, 0.2) is 164 Å².